The highest BCUT2D eigenvalue weighted by molar-refractivity contribution is 6.26. The summed E-state index contributed by atoms with van der Waals surface area (Å²) in [6, 6.07) is 14.5. The number of fused-ring (bicyclic) bond motifs is 2. The molecule has 2 aliphatic rings. The Morgan fingerprint density at radius 3 is 2.49 bits per heavy atom. The Hall–Kier alpha value is -5.98. The minimum Gasteiger partial charge on any atom is -0.507 e. The van der Waals surface area contributed by atoms with E-state index in [2.05, 4.69) is 10.6 Å². The standard InChI is InChI=1S/C34H29N3O10/c38-22-16-24(40)30(31-29(22)23(39)17-25(47-31)18-8-3-1-4-9-18)46-15-6-2-5-12-26(41)35-20-11-7-10-19-28(20)34(45)37(33(19)44)21-13-14-27(42)36-32(21)43/h1,3-4,7-11,16-17,21,38,40H,2,5-6,12-15H2,(H,35,41)(H,36,42,43). The van der Waals surface area contributed by atoms with Gasteiger partial charge in [-0.05, 0) is 37.8 Å². The number of hydrogen-bond donors (Lipinski definition) is 4. The number of carbonyl (C=O) groups is 5. The molecule has 240 valence electrons. The number of phenols is 2. The Bertz CT molecular complexity index is 2000. The first kappa shape index (κ1) is 31.0. The summed E-state index contributed by atoms with van der Waals surface area (Å²) in [5.74, 6) is -3.66. The van der Waals surface area contributed by atoms with Crippen molar-refractivity contribution in [2.45, 2.75) is 44.6 Å². The number of imide groups is 2. The van der Waals surface area contributed by atoms with Crippen LogP contribution in [0.25, 0.3) is 22.3 Å². The number of anilines is 1. The van der Waals surface area contributed by atoms with Crippen LogP contribution in [0.2, 0.25) is 0 Å². The van der Waals surface area contributed by atoms with Gasteiger partial charge in [-0.15, -0.1) is 0 Å². The fraction of sp³-hybridized carbons (Fsp3) is 0.235. The minimum absolute atomic E-state index is 0.00324. The van der Waals surface area contributed by atoms with Gasteiger partial charge in [-0.1, -0.05) is 36.4 Å². The van der Waals surface area contributed by atoms with Gasteiger partial charge >= 0.3 is 0 Å². The number of phenolic OH excluding ortho intramolecular Hbond substituents is 2. The molecule has 13 heteroatoms. The molecule has 3 aromatic carbocycles. The van der Waals surface area contributed by atoms with Crippen LogP contribution in [0.15, 0.2) is 69.9 Å². The van der Waals surface area contributed by atoms with E-state index < -0.39 is 52.5 Å². The maximum atomic E-state index is 13.2. The number of ether oxygens (including phenoxy) is 1. The van der Waals surface area contributed by atoms with Crippen LogP contribution in [0.5, 0.6) is 17.2 Å². The van der Waals surface area contributed by atoms with Gasteiger partial charge in [0, 0.05) is 30.5 Å². The molecule has 1 aromatic heterocycles. The summed E-state index contributed by atoms with van der Waals surface area (Å²) < 4.78 is 11.7. The van der Waals surface area contributed by atoms with E-state index in [1.165, 1.54) is 24.3 Å². The first-order valence-corrected chi connectivity index (χ1v) is 15.0. The Balaban J connectivity index is 1.05. The summed E-state index contributed by atoms with van der Waals surface area (Å²) in [7, 11) is 0. The van der Waals surface area contributed by atoms with E-state index >= 15 is 0 Å². The molecule has 13 nitrogen and oxygen atoms in total. The highest BCUT2D eigenvalue weighted by Gasteiger charge is 2.45. The van der Waals surface area contributed by atoms with Crippen molar-refractivity contribution in [3.63, 3.8) is 0 Å². The lowest BCUT2D eigenvalue weighted by atomic mass is 10.0. The zero-order valence-electron chi connectivity index (χ0n) is 24.9. The minimum atomic E-state index is -1.12. The van der Waals surface area contributed by atoms with Crippen LogP contribution in [0, 0.1) is 0 Å². The molecule has 5 amide bonds. The molecular formula is C34H29N3O10. The van der Waals surface area contributed by atoms with Gasteiger partial charge in [0.25, 0.3) is 11.8 Å². The molecule has 0 saturated carbocycles. The van der Waals surface area contributed by atoms with E-state index in [9.17, 15) is 39.0 Å². The Morgan fingerprint density at radius 1 is 0.936 bits per heavy atom. The van der Waals surface area contributed by atoms with Crippen molar-refractivity contribution >= 4 is 46.2 Å². The SMILES string of the molecule is O=C1CCC(N2C(=O)c3cccc(NC(=O)CCCCCOc4c(O)cc(O)c5c(=O)cc(-c6ccccc6)oc45)c3C2=O)C(=O)N1. The van der Waals surface area contributed by atoms with E-state index in [0.29, 0.717) is 24.8 Å². The zero-order chi connectivity index (χ0) is 33.2. The number of carbonyl (C=O) groups excluding carboxylic acids is 5. The number of piperidine rings is 1. The van der Waals surface area contributed by atoms with Gasteiger partial charge in [0.2, 0.25) is 23.5 Å². The largest absolute Gasteiger partial charge is 0.507 e. The fourth-order valence-electron chi connectivity index (χ4n) is 5.73. The predicted octanol–water partition coefficient (Wildman–Crippen LogP) is 3.85. The Labute approximate surface area is 266 Å². The van der Waals surface area contributed by atoms with Crippen LogP contribution in [0.3, 0.4) is 0 Å². The molecular weight excluding hydrogens is 610 g/mol. The third-order valence-electron chi connectivity index (χ3n) is 8.01. The summed E-state index contributed by atoms with van der Waals surface area (Å²) in [4.78, 5) is 76.6. The zero-order valence-corrected chi connectivity index (χ0v) is 24.9. The van der Waals surface area contributed by atoms with E-state index in [-0.39, 0.29) is 65.2 Å². The monoisotopic (exact) mass is 639 g/mol. The van der Waals surface area contributed by atoms with E-state index in [1.807, 2.05) is 6.07 Å². The van der Waals surface area contributed by atoms with Crippen LogP contribution in [0.1, 0.15) is 59.2 Å². The van der Waals surface area contributed by atoms with Crippen LogP contribution < -0.4 is 20.8 Å². The first-order chi connectivity index (χ1) is 22.6. The van der Waals surface area contributed by atoms with Gasteiger partial charge in [0.15, 0.2) is 16.8 Å². The molecule has 2 aliphatic heterocycles. The molecule has 1 atom stereocenters. The number of rotatable bonds is 10. The molecule has 0 spiro atoms. The molecule has 1 fully saturated rings. The number of nitrogens with one attached hydrogen (secondary N) is 2. The van der Waals surface area contributed by atoms with Gasteiger partial charge in [-0.2, -0.15) is 0 Å². The van der Waals surface area contributed by atoms with Gasteiger partial charge in [-0.25, -0.2) is 0 Å². The molecule has 6 rings (SSSR count). The van der Waals surface area contributed by atoms with Crippen LogP contribution >= 0.6 is 0 Å². The van der Waals surface area contributed by atoms with Crippen molar-refractivity contribution in [1.82, 2.24) is 10.2 Å². The van der Waals surface area contributed by atoms with E-state index in [4.69, 9.17) is 9.15 Å². The van der Waals surface area contributed by atoms with E-state index in [0.717, 1.165) is 11.0 Å². The second-order valence-corrected chi connectivity index (χ2v) is 11.2. The second-order valence-electron chi connectivity index (χ2n) is 11.2. The lowest BCUT2D eigenvalue weighted by Gasteiger charge is -2.27. The normalized spacial score (nSPS) is 15.9. The molecule has 1 unspecified atom stereocenters. The van der Waals surface area contributed by atoms with Gasteiger partial charge < -0.3 is 24.7 Å². The smallest absolute Gasteiger partial charge is 0.264 e. The summed E-state index contributed by atoms with van der Waals surface area (Å²) in [5.41, 5.74) is 0.236. The van der Waals surface area contributed by atoms with Gasteiger partial charge in [-0.3, -0.25) is 39.0 Å². The summed E-state index contributed by atoms with van der Waals surface area (Å²) >= 11 is 0. The maximum Gasteiger partial charge on any atom is 0.264 e. The lowest BCUT2D eigenvalue weighted by Crippen LogP contribution is -2.54. The van der Waals surface area contributed by atoms with Crippen LogP contribution in [-0.4, -0.2) is 57.3 Å². The summed E-state index contributed by atoms with van der Waals surface area (Å²) in [5, 5.41) is 25.5. The molecule has 3 heterocycles. The lowest BCUT2D eigenvalue weighted by molar-refractivity contribution is -0.136. The van der Waals surface area contributed by atoms with Gasteiger partial charge in [0.1, 0.15) is 22.9 Å². The summed E-state index contributed by atoms with van der Waals surface area (Å²) in [6.45, 7) is 0.104. The van der Waals surface area contributed by atoms with Crippen molar-refractivity contribution in [3.8, 4) is 28.6 Å². The van der Waals surface area contributed by atoms with Crippen LogP contribution in [-0.2, 0) is 14.4 Å². The average molecular weight is 640 g/mol. The van der Waals surface area contributed by atoms with Crippen molar-refractivity contribution in [1.29, 1.82) is 0 Å². The van der Waals surface area contributed by atoms with Crippen molar-refractivity contribution in [3.05, 3.63) is 82.0 Å². The molecule has 1 saturated heterocycles. The topological polar surface area (TPSA) is 193 Å². The quantitative estimate of drug-likeness (QED) is 0.146. The molecule has 0 radical (unpaired) electrons. The van der Waals surface area contributed by atoms with Crippen LogP contribution in [0.4, 0.5) is 5.69 Å². The van der Waals surface area contributed by atoms with Gasteiger partial charge in [0.05, 0.1) is 23.4 Å². The predicted molar refractivity (Wildman–Crippen MR) is 167 cm³/mol. The third-order valence-corrected chi connectivity index (χ3v) is 8.01. The Morgan fingerprint density at radius 2 is 1.72 bits per heavy atom. The van der Waals surface area contributed by atoms with Crippen molar-refractivity contribution < 1.29 is 43.3 Å². The number of hydrogen-bond acceptors (Lipinski definition) is 10. The second kappa shape index (κ2) is 12.8. The Kier molecular flexibility index (Phi) is 8.44. The van der Waals surface area contributed by atoms with Crippen molar-refractivity contribution in [2.24, 2.45) is 0 Å². The number of benzene rings is 3. The highest BCUT2D eigenvalue weighted by atomic mass is 16.5. The van der Waals surface area contributed by atoms with E-state index in [1.54, 1.807) is 24.3 Å². The first-order valence-electron chi connectivity index (χ1n) is 15.0. The maximum absolute atomic E-state index is 13.2. The number of unbranched alkanes of at least 4 members (excludes halogenated alkanes) is 2. The van der Waals surface area contributed by atoms with Crippen molar-refractivity contribution in [2.75, 3.05) is 11.9 Å². The molecule has 0 bridgehead atoms. The average Bonchev–Trinajstić information content (AvgIpc) is 3.30. The molecule has 4 N–H and O–H groups in total. The molecule has 47 heavy (non-hydrogen) atoms. The summed E-state index contributed by atoms with van der Waals surface area (Å²) in [6.07, 6.45) is 1.55. The number of aromatic hydroxyl groups is 2. The highest BCUT2D eigenvalue weighted by Crippen LogP contribution is 2.40. The fourth-order valence-corrected chi connectivity index (χ4v) is 5.73. The molecule has 4 aromatic rings. The third kappa shape index (κ3) is 6.02. The number of amides is 5. The molecule has 0 aliphatic carbocycles. The number of nitrogens with zero attached hydrogens (tertiary/aromatic N) is 1.